The van der Waals surface area contributed by atoms with Gasteiger partial charge < -0.3 is 34.9 Å². The van der Waals surface area contributed by atoms with E-state index >= 15 is 0 Å². The van der Waals surface area contributed by atoms with Gasteiger partial charge in [0.15, 0.2) is 6.52 Å². The zero-order valence-corrected chi connectivity index (χ0v) is 45.0. The van der Waals surface area contributed by atoms with E-state index in [1.54, 1.807) is 11.7 Å². The molecule has 2 fully saturated rings. The molecule has 6 rings (SSSR count). The van der Waals surface area contributed by atoms with Gasteiger partial charge in [-0.1, -0.05) is 152 Å². The molecule has 0 unspecified atom stereocenters. The van der Waals surface area contributed by atoms with Crippen molar-refractivity contribution in [1.29, 1.82) is 11.9 Å². The van der Waals surface area contributed by atoms with Crippen molar-refractivity contribution in [2.45, 2.75) is 37.9 Å². The molecule has 4 aromatic carbocycles. The van der Waals surface area contributed by atoms with Gasteiger partial charge in [-0.2, -0.15) is 10.5 Å². The summed E-state index contributed by atoms with van der Waals surface area (Å²) in [6.45, 7) is 9.29. The third-order valence-electron chi connectivity index (χ3n) is 9.76. The smallest absolute Gasteiger partial charge is 0.662 e. The van der Waals surface area contributed by atoms with Crippen LogP contribution >= 0.6 is 28.4 Å². The Kier molecular flexibility index (Phi) is 36.9. The molecule has 2 aliphatic heterocycles. The third-order valence-corrected chi connectivity index (χ3v) is 10.2. The molecule has 1 radical (unpaired) electrons. The fraction of sp³-hybridized carbons (Fsp3) is 0.391. The molecule has 0 aliphatic carbocycles. The molecule has 1 N–H and O–H groups in total. The van der Waals surface area contributed by atoms with E-state index < -0.39 is 10.8 Å². The summed E-state index contributed by atoms with van der Waals surface area (Å²) in [5.41, 5.74) is 2.52. The number of nitriles is 2. The molecule has 0 bridgehead atoms. The summed E-state index contributed by atoms with van der Waals surface area (Å²) in [5.74, 6) is 0. The van der Waals surface area contributed by atoms with Gasteiger partial charge in [-0.15, -0.1) is 0 Å². The normalized spacial score (nSPS) is 13.4. The Morgan fingerprint density at radius 3 is 1.39 bits per heavy atom. The number of piperazine rings is 2. The van der Waals surface area contributed by atoms with Crippen LogP contribution in [0.2, 0.25) is 6.82 Å². The van der Waals surface area contributed by atoms with Gasteiger partial charge >= 0.3 is 57.5 Å². The number of halogens is 1. The van der Waals surface area contributed by atoms with Crippen LogP contribution in [-0.4, -0.2) is 165 Å². The van der Waals surface area contributed by atoms with Crippen LogP contribution in [0.25, 0.3) is 0 Å². The van der Waals surface area contributed by atoms with Crippen molar-refractivity contribution < 1.29 is 75.9 Å². The topological polar surface area (TPSA) is 145 Å². The van der Waals surface area contributed by atoms with Crippen molar-refractivity contribution in [3.63, 3.8) is 0 Å². The Morgan fingerprint density at radius 2 is 1.11 bits per heavy atom. The fourth-order valence-electron chi connectivity index (χ4n) is 6.46. The number of nitrogens with zero attached hydrogens (tertiary/aromatic N) is 5. The average molecular weight is 981 g/mol. The maximum Gasteiger partial charge on any atom is 1.00 e. The number of benzene rings is 4. The molecular formula is C46H61BBrK2N6O5S. The predicted molar refractivity (Wildman–Crippen MR) is 254 cm³/mol. The van der Waals surface area contributed by atoms with E-state index in [0.717, 1.165) is 60.2 Å². The number of rotatable bonds is 10. The van der Waals surface area contributed by atoms with Crippen LogP contribution in [-0.2, 0) is 25.2 Å². The van der Waals surface area contributed by atoms with Crippen molar-refractivity contribution >= 4 is 98.9 Å². The molecule has 62 heavy (non-hydrogen) atoms. The zero-order valence-electron chi connectivity index (χ0n) is 37.3. The van der Waals surface area contributed by atoms with Crippen LogP contribution in [0, 0.1) is 22.7 Å². The maximum atomic E-state index is 12.4. The standard InChI is InChI=1S/C22H25N3O2.C16H14BrN.C5H12N2.CH5BS.CH2O3.CH4.2K/c1-24-13-15-25(16-14-24)21(26)27-17-12-22(18-23,19-8-4-2-5-9-19)20-10-6-3-7-11-20;17-12-11-16(13-18,14-7-3-1-4-8-14)15-9-5-2-6-10-15;1-7-4-2-6-3-5-7;1-2-3;2-1-4-3;;;/h2-11H,12-17H2,1H3;1-10H,11-12H2;6H,2-5H2,1H3;2-3H,1H3;1,3H;1H4;;/q;;;;;;;+1/p-1/i;;;2T;;;;. The summed E-state index contributed by atoms with van der Waals surface area (Å²) in [4.78, 5) is 29.9. The summed E-state index contributed by atoms with van der Waals surface area (Å²) in [6.07, 6.45) is 0.880. The van der Waals surface area contributed by atoms with E-state index in [1.165, 1.54) is 13.1 Å². The summed E-state index contributed by atoms with van der Waals surface area (Å²) in [6, 6.07) is 44.4. The second-order valence-electron chi connectivity index (χ2n) is 13.6. The first-order valence-electron chi connectivity index (χ1n) is 20.0. The number of hydrogen-bond donors (Lipinski definition) is 2. The molecule has 323 valence electrons. The molecule has 1 amide bonds. The fourth-order valence-corrected chi connectivity index (χ4v) is 7.06. The minimum atomic E-state index is -0.842. The second kappa shape index (κ2) is 37.8. The molecule has 2 aliphatic rings. The first-order chi connectivity index (χ1) is 29.0. The molecule has 0 spiro atoms. The predicted octanol–water partition coefficient (Wildman–Crippen LogP) is 3.08. The van der Waals surface area contributed by atoms with Gasteiger partial charge in [0.05, 0.1) is 18.7 Å². The Balaban J connectivity index is 0. The third kappa shape index (κ3) is 21.7. The number of carbonyl (C=O) groups is 2. The zero-order chi connectivity index (χ0) is 44.1. The van der Waals surface area contributed by atoms with Crippen LogP contribution in [0.4, 0.5) is 4.79 Å². The molecule has 16 heteroatoms. The van der Waals surface area contributed by atoms with Crippen LogP contribution in [0.1, 0.15) is 42.5 Å². The van der Waals surface area contributed by atoms with Gasteiger partial charge in [-0.3, -0.25) is 4.79 Å². The molecule has 0 saturated carbocycles. The van der Waals surface area contributed by atoms with Crippen molar-refractivity contribution in [3.05, 3.63) is 144 Å². The monoisotopic (exact) mass is 979 g/mol. The minimum Gasteiger partial charge on any atom is -0.662 e. The van der Waals surface area contributed by atoms with Gasteiger partial charge in [0.1, 0.15) is 10.8 Å². The molecule has 0 atom stereocenters. The SMILES string of the molecule is C.CN1CCN(C(=O)OCCC(C#N)(c2ccccc2)c2ccccc2)CC1.CN1CCNCC1.N#CC(CCBr)(c1ccccc1)c1ccccc1.O=CO[O-].[3H]B(C)S.[K+].[K]. The largest absolute Gasteiger partial charge is 1.00 e. The van der Waals surface area contributed by atoms with Crippen LogP contribution in [0.3, 0.4) is 0 Å². The molecular weight excluding hydrogens is 918 g/mol. The number of ether oxygens (including phenoxy) is 1. The first kappa shape index (κ1) is 60.6. The molecule has 2 heterocycles. The minimum absolute atomic E-state index is 0. The quantitative estimate of drug-likeness (QED) is 0.0608. The van der Waals surface area contributed by atoms with Crippen molar-refractivity contribution in [3.8, 4) is 12.1 Å². The van der Waals surface area contributed by atoms with Gasteiger partial charge in [0.2, 0.25) is 0 Å². The van der Waals surface area contributed by atoms with Crippen LogP contribution < -0.4 is 62.0 Å². The first-order valence-corrected chi connectivity index (χ1v) is 21.1. The van der Waals surface area contributed by atoms with E-state index in [4.69, 9.17) is 16.1 Å². The summed E-state index contributed by atoms with van der Waals surface area (Å²) in [5, 5.41) is 32.4. The van der Waals surface area contributed by atoms with Gasteiger partial charge in [0.25, 0.3) is 6.47 Å². The number of thiol groups is 1. The number of nitrogens with one attached hydrogen (secondary N) is 1. The number of amides is 1. The van der Waals surface area contributed by atoms with E-state index in [2.05, 4.69) is 67.6 Å². The molecule has 0 aromatic heterocycles. The van der Waals surface area contributed by atoms with E-state index in [-0.39, 0.29) is 136 Å². The average Bonchev–Trinajstić information content (AvgIpc) is 3.29. The Labute approximate surface area is 472 Å². The van der Waals surface area contributed by atoms with E-state index in [9.17, 15) is 15.3 Å². The van der Waals surface area contributed by atoms with Gasteiger partial charge in [-0.05, 0) is 44.1 Å². The molecule has 11 nitrogen and oxygen atoms in total. The van der Waals surface area contributed by atoms with Crippen molar-refractivity contribution in [2.75, 3.05) is 78.4 Å². The number of carbonyl (C=O) groups excluding carboxylic acids is 2. The number of alkyl halides is 1. The Hall–Kier alpha value is -1.39. The van der Waals surface area contributed by atoms with Gasteiger partial charge in [-0.25, -0.2) is 17.3 Å². The summed E-state index contributed by atoms with van der Waals surface area (Å²) in [7, 11) is 4.20. The van der Waals surface area contributed by atoms with Crippen LogP contribution in [0.5, 0.6) is 0 Å². The van der Waals surface area contributed by atoms with E-state index in [0.29, 0.717) is 19.5 Å². The van der Waals surface area contributed by atoms with Crippen molar-refractivity contribution in [1.82, 2.24) is 20.0 Å². The van der Waals surface area contributed by atoms with Crippen molar-refractivity contribution in [2.24, 2.45) is 0 Å². The number of likely N-dealkylation sites (N-methyl/N-ethyl adjacent to an activating group) is 2. The molecule has 4 aromatic rings. The Morgan fingerprint density at radius 1 is 0.790 bits per heavy atom. The summed E-state index contributed by atoms with van der Waals surface area (Å²) < 4.78 is 12.0. The number of hydrogen-bond acceptors (Lipinski definition) is 11. The molecule has 2 saturated heterocycles. The maximum absolute atomic E-state index is 12.4. The van der Waals surface area contributed by atoms with Gasteiger partial charge in [0, 0.05) is 115 Å². The summed E-state index contributed by atoms with van der Waals surface area (Å²) >= 11 is 7.10. The second-order valence-corrected chi connectivity index (χ2v) is 14.9. The van der Waals surface area contributed by atoms with E-state index in [1.807, 2.05) is 128 Å². The van der Waals surface area contributed by atoms with Crippen LogP contribution in [0.15, 0.2) is 121 Å². The Bertz CT molecular complexity index is 1760.